The average molecular weight is 477 g/mol. The van der Waals surface area contributed by atoms with Crippen LogP contribution in [0.2, 0.25) is 0 Å². The average Bonchev–Trinajstić information content (AvgIpc) is 3.39. The van der Waals surface area contributed by atoms with Crippen molar-refractivity contribution < 1.29 is 24.2 Å². The summed E-state index contributed by atoms with van der Waals surface area (Å²) < 4.78 is 5.67. The van der Waals surface area contributed by atoms with E-state index < -0.39 is 18.1 Å². The number of carbonyl (C=O) groups excluding carboxylic acids is 2. The van der Waals surface area contributed by atoms with Crippen LogP contribution in [0.15, 0.2) is 48.5 Å². The third-order valence-electron chi connectivity index (χ3n) is 7.55. The van der Waals surface area contributed by atoms with Gasteiger partial charge in [0.05, 0.1) is 0 Å². The Hall–Kier alpha value is -3.35. The van der Waals surface area contributed by atoms with E-state index in [2.05, 4.69) is 29.6 Å². The van der Waals surface area contributed by atoms with Crippen LogP contribution >= 0.6 is 0 Å². The van der Waals surface area contributed by atoms with Crippen molar-refractivity contribution in [1.29, 1.82) is 0 Å². The zero-order chi connectivity index (χ0) is 24.4. The predicted molar refractivity (Wildman–Crippen MR) is 131 cm³/mol. The van der Waals surface area contributed by atoms with Crippen LogP contribution in [0.3, 0.4) is 0 Å². The van der Waals surface area contributed by atoms with Gasteiger partial charge in [-0.25, -0.2) is 4.79 Å². The van der Waals surface area contributed by atoms with Gasteiger partial charge in [-0.1, -0.05) is 74.2 Å². The minimum Gasteiger partial charge on any atom is -0.480 e. The Morgan fingerprint density at radius 1 is 0.943 bits per heavy atom. The molecule has 3 aliphatic rings. The summed E-state index contributed by atoms with van der Waals surface area (Å²) in [5, 5.41) is 12.2. The largest absolute Gasteiger partial charge is 0.480 e. The molecule has 184 valence electrons. The number of nitrogens with one attached hydrogen (secondary N) is 1. The molecule has 2 aromatic rings. The molecular weight excluding hydrogens is 444 g/mol. The highest BCUT2D eigenvalue weighted by atomic mass is 16.5. The molecule has 0 saturated heterocycles. The van der Waals surface area contributed by atoms with E-state index in [1.54, 1.807) is 0 Å². The highest BCUT2D eigenvalue weighted by Gasteiger charge is 2.37. The van der Waals surface area contributed by atoms with Crippen molar-refractivity contribution in [3.8, 4) is 11.1 Å². The van der Waals surface area contributed by atoms with Gasteiger partial charge >= 0.3 is 12.1 Å². The summed E-state index contributed by atoms with van der Waals surface area (Å²) in [5.74, 6) is -1.02. The van der Waals surface area contributed by atoms with E-state index in [1.165, 1.54) is 4.90 Å². The maximum Gasteiger partial charge on any atom is 0.407 e. The van der Waals surface area contributed by atoms with Gasteiger partial charge < -0.3 is 20.1 Å². The van der Waals surface area contributed by atoms with Gasteiger partial charge in [0, 0.05) is 12.0 Å². The van der Waals surface area contributed by atoms with Crippen molar-refractivity contribution in [1.82, 2.24) is 10.2 Å². The Bertz CT molecular complexity index is 1060. The number of rotatable bonds is 9. The molecule has 2 aromatic carbocycles. The second-order valence-electron chi connectivity index (χ2n) is 10.00. The molecule has 7 heteroatoms. The van der Waals surface area contributed by atoms with E-state index >= 15 is 0 Å². The Kier molecular flexibility index (Phi) is 6.75. The SMILES string of the molecule is O=C(O)CN(C(=O)C(CC1CC1)NC(=O)OCC1c2ccccc2-c2ccccc21)C1CCCC1. The van der Waals surface area contributed by atoms with Crippen LogP contribution in [0.4, 0.5) is 4.79 Å². The fraction of sp³-hybridized carbons (Fsp3) is 0.464. The zero-order valence-electron chi connectivity index (χ0n) is 19.8. The lowest BCUT2D eigenvalue weighted by Crippen LogP contribution is -2.53. The highest BCUT2D eigenvalue weighted by molar-refractivity contribution is 5.88. The quantitative estimate of drug-likeness (QED) is 0.554. The van der Waals surface area contributed by atoms with Gasteiger partial charge in [0.2, 0.25) is 5.91 Å². The molecule has 2 N–H and O–H groups in total. The summed E-state index contributed by atoms with van der Waals surface area (Å²) in [6.45, 7) is -0.164. The number of fused-ring (bicyclic) bond motifs is 3. The van der Waals surface area contributed by atoms with Gasteiger partial charge in [-0.3, -0.25) is 9.59 Å². The first kappa shape index (κ1) is 23.4. The molecule has 1 unspecified atom stereocenters. The summed E-state index contributed by atoms with van der Waals surface area (Å²) in [5.41, 5.74) is 4.56. The van der Waals surface area contributed by atoms with Crippen LogP contribution in [0.25, 0.3) is 11.1 Å². The summed E-state index contributed by atoms with van der Waals surface area (Å²) in [4.78, 5) is 39.3. The number of benzene rings is 2. The van der Waals surface area contributed by atoms with Crippen LogP contribution in [0, 0.1) is 5.92 Å². The van der Waals surface area contributed by atoms with Gasteiger partial charge in [-0.2, -0.15) is 0 Å². The van der Waals surface area contributed by atoms with Gasteiger partial charge in [0.25, 0.3) is 0 Å². The molecule has 1 atom stereocenters. The molecule has 0 spiro atoms. The molecular formula is C28H32N2O5. The predicted octanol–water partition coefficient (Wildman–Crippen LogP) is 4.55. The summed E-state index contributed by atoms with van der Waals surface area (Å²) in [6.07, 6.45) is 5.53. The lowest BCUT2D eigenvalue weighted by Gasteiger charge is -2.31. The Morgan fingerprint density at radius 3 is 2.11 bits per heavy atom. The second-order valence-corrected chi connectivity index (χ2v) is 10.00. The Balaban J connectivity index is 1.27. The normalized spacial score (nSPS) is 17.9. The summed E-state index contributed by atoms with van der Waals surface area (Å²) >= 11 is 0. The fourth-order valence-electron chi connectivity index (χ4n) is 5.64. The molecule has 35 heavy (non-hydrogen) atoms. The third-order valence-corrected chi connectivity index (χ3v) is 7.55. The summed E-state index contributed by atoms with van der Waals surface area (Å²) in [6, 6.07) is 15.4. The third kappa shape index (κ3) is 5.19. The molecule has 2 amide bonds. The Labute approximate surface area is 205 Å². The molecule has 0 heterocycles. The maximum atomic E-state index is 13.4. The van der Waals surface area contributed by atoms with Gasteiger partial charge in [0.1, 0.15) is 19.2 Å². The first-order valence-electron chi connectivity index (χ1n) is 12.6. The topological polar surface area (TPSA) is 95.9 Å². The number of ether oxygens (including phenoxy) is 1. The second kappa shape index (κ2) is 10.1. The highest BCUT2D eigenvalue weighted by Crippen LogP contribution is 2.44. The van der Waals surface area contributed by atoms with E-state index in [1.807, 2.05) is 24.3 Å². The van der Waals surface area contributed by atoms with Crippen LogP contribution in [-0.2, 0) is 14.3 Å². The van der Waals surface area contributed by atoms with E-state index in [-0.39, 0.29) is 31.0 Å². The smallest absolute Gasteiger partial charge is 0.407 e. The van der Waals surface area contributed by atoms with Gasteiger partial charge in [-0.05, 0) is 47.4 Å². The van der Waals surface area contributed by atoms with Crippen LogP contribution in [0.1, 0.15) is 62.0 Å². The van der Waals surface area contributed by atoms with Gasteiger partial charge in [-0.15, -0.1) is 0 Å². The summed E-state index contributed by atoms with van der Waals surface area (Å²) in [7, 11) is 0. The fourth-order valence-corrected chi connectivity index (χ4v) is 5.64. The van der Waals surface area contributed by atoms with Crippen molar-refractivity contribution >= 4 is 18.0 Å². The van der Waals surface area contributed by atoms with Crippen molar-refractivity contribution in [3.05, 3.63) is 59.7 Å². The number of hydrogen-bond acceptors (Lipinski definition) is 4. The van der Waals surface area contributed by atoms with Crippen molar-refractivity contribution in [3.63, 3.8) is 0 Å². The molecule has 2 saturated carbocycles. The van der Waals surface area contributed by atoms with E-state index in [0.29, 0.717) is 12.3 Å². The van der Waals surface area contributed by atoms with Gasteiger partial charge in [0.15, 0.2) is 0 Å². The van der Waals surface area contributed by atoms with E-state index in [9.17, 15) is 19.5 Å². The number of carbonyl (C=O) groups is 3. The Morgan fingerprint density at radius 2 is 1.54 bits per heavy atom. The molecule has 3 aliphatic carbocycles. The number of hydrogen-bond donors (Lipinski definition) is 2. The number of alkyl carbamates (subject to hydrolysis) is 1. The van der Waals surface area contributed by atoms with Crippen LogP contribution in [-0.4, -0.2) is 53.2 Å². The molecule has 0 aliphatic heterocycles. The van der Waals surface area contributed by atoms with Crippen molar-refractivity contribution in [2.24, 2.45) is 5.92 Å². The number of nitrogens with zero attached hydrogens (tertiary/aromatic N) is 1. The molecule has 0 bridgehead atoms. The number of carboxylic acid groups (broad SMARTS) is 1. The zero-order valence-corrected chi connectivity index (χ0v) is 19.8. The maximum absolute atomic E-state index is 13.4. The molecule has 0 radical (unpaired) electrons. The first-order chi connectivity index (χ1) is 17.0. The number of amides is 2. The minimum atomic E-state index is -1.03. The molecule has 2 fully saturated rings. The minimum absolute atomic E-state index is 0.0623. The first-order valence-corrected chi connectivity index (χ1v) is 12.6. The lowest BCUT2D eigenvalue weighted by atomic mass is 9.98. The number of aliphatic carboxylic acids is 1. The van der Waals surface area contributed by atoms with E-state index in [0.717, 1.165) is 60.8 Å². The van der Waals surface area contributed by atoms with Crippen molar-refractivity contribution in [2.45, 2.75) is 62.9 Å². The lowest BCUT2D eigenvalue weighted by molar-refractivity contribution is -0.147. The number of carboxylic acids is 1. The molecule has 0 aromatic heterocycles. The van der Waals surface area contributed by atoms with E-state index in [4.69, 9.17) is 4.74 Å². The molecule has 7 nitrogen and oxygen atoms in total. The molecule has 5 rings (SSSR count). The standard InChI is InChI=1S/C28H32N2O5/c31-26(32)16-30(19-7-1-2-8-19)27(33)25(15-18-13-14-18)29-28(34)35-17-24-22-11-5-3-9-20(22)21-10-4-6-12-23(21)24/h3-6,9-12,18-19,24-25H,1-2,7-8,13-17H2,(H,29,34)(H,31,32). The van der Waals surface area contributed by atoms with Crippen LogP contribution < -0.4 is 5.32 Å². The van der Waals surface area contributed by atoms with Crippen LogP contribution in [0.5, 0.6) is 0 Å². The monoisotopic (exact) mass is 476 g/mol. The van der Waals surface area contributed by atoms with Crippen molar-refractivity contribution in [2.75, 3.05) is 13.2 Å².